The normalized spacial score (nSPS) is 10.1. The van der Waals surface area contributed by atoms with Gasteiger partial charge in [-0.2, -0.15) is 10.5 Å². The van der Waals surface area contributed by atoms with Crippen LogP contribution in [0, 0.1) is 22.7 Å². The van der Waals surface area contributed by atoms with Gasteiger partial charge in [0.2, 0.25) is 5.91 Å². The SMILES string of the molecule is COc1cc(/C=C/C(=O)N(C)Cc2ccc(C#N)cc2)ccc1OCC#N. The van der Waals surface area contributed by atoms with Crippen LogP contribution in [0.5, 0.6) is 11.5 Å². The highest BCUT2D eigenvalue weighted by atomic mass is 16.5. The Morgan fingerprint density at radius 1 is 1.15 bits per heavy atom. The second kappa shape index (κ2) is 9.65. The number of hydrogen-bond acceptors (Lipinski definition) is 5. The van der Waals surface area contributed by atoms with E-state index in [9.17, 15) is 4.79 Å². The lowest BCUT2D eigenvalue weighted by Gasteiger charge is -2.15. The highest BCUT2D eigenvalue weighted by molar-refractivity contribution is 5.91. The first-order valence-electron chi connectivity index (χ1n) is 8.17. The Kier molecular flexibility index (Phi) is 6.99. The second-order valence-electron chi connectivity index (χ2n) is 5.69. The van der Waals surface area contributed by atoms with Gasteiger partial charge >= 0.3 is 0 Å². The van der Waals surface area contributed by atoms with Gasteiger partial charge in [0, 0.05) is 19.7 Å². The molecule has 0 heterocycles. The molecule has 0 N–H and O–H groups in total. The number of nitrogens with zero attached hydrogens (tertiary/aromatic N) is 3. The molecule has 0 saturated carbocycles. The average molecular weight is 361 g/mol. The van der Waals surface area contributed by atoms with Crippen LogP contribution in [-0.2, 0) is 11.3 Å². The number of amides is 1. The molecule has 0 fully saturated rings. The van der Waals surface area contributed by atoms with Gasteiger partial charge < -0.3 is 14.4 Å². The number of carbonyl (C=O) groups excluding carboxylic acids is 1. The summed E-state index contributed by atoms with van der Waals surface area (Å²) in [6.45, 7) is 0.378. The molecule has 6 heteroatoms. The molecule has 2 rings (SSSR count). The number of ether oxygens (including phenoxy) is 2. The molecule has 0 radical (unpaired) electrons. The Bertz CT molecular complexity index is 906. The Hall–Kier alpha value is -3.77. The summed E-state index contributed by atoms with van der Waals surface area (Å²) in [7, 11) is 3.23. The van der Waals surface area contributed by atoms with Crippen molar-refractivity contribution in [3.05, 3.63) is 65.2 Å². The smallest absolute Gasteiger partial charge is 0.246 e. The molecule has 2 aromatic rings. The average Bonchev–Trinajstić information content (AvgIpc) is 2.71. The number of carbonyl (C=O) groups is 1. The largest absolute Gasteiger partial charge is 0.493 e. The maximum Gasteiger partial charge on any atom is 0.246 e. The maximum atomic E-state index is 12.3. The van der Waals surface area contributed by atoms with Crippen LogP contribution in [-0.4, -0.2) is 31.6 Å². The van der Waals surface area contributed by atoms with E-state index in [4.69, 9.17) is 20.0 Å². The first-order valence-corrected chi connectivity index (χ1v) is 8.17. The van der Waals surface area contributed by atoms with Crippen LogP contribution in [0.3, 0.4) is 0 Å². The monoisotopic (exact) mass is 361 g/mol. The zero-order valence-corrected chi connectivity index (χ0v) is 15.2. The van der Waals surface area contributed by atoms with Gasteiger partial charge in [0.25, 0.3) is 0 Å². The number of hydrogen-bond donors (Lipinski definition) is 0. The molecule has 0 unspecified atom stereocenters. The van der Waals surface area contributed by atoms with Gasteiger partial charge in [-0.1, -0.05) is 18.2 Å². The van der Waals surface area contributed by atoms with Gasteiger partial charge in [-0.05, 0) is 41.5 Å². The minimum atomic E-state index is -0.150. The zero-order valence-electron chi connectivity index (χ0n) is 15.2. The van der Waals surface area contributed by atoms with Gasteiger partial charge in [0.1, 0.15) is 6.07 Å². The predicted octanol–water partition coefficient (Wildman–Crippen LogP) is 3.14. The predicted molar refractivity (Wildman–Crippen MR) is 101 cm³/mol. The lowest BCUT2D eigenvalue weighted by atomic mass is 10.1. The molecule has 0 aliphatic heterocycles. The first-order chi connectivity index (χ1) is 13.1. The van der Waals surface area contributed by atoms with Crippen molar-refractivity contribution in [2.75, 3.05) is 20.8 Å². The third-order valence-electron chi connectivity index (χ3n) is 3.78. The summed E-state index contributed by atoms with van der Waals surface area (Å²) in [5, 5.41) is 17.4. The van der Waals surface area contributed by atoms with E-state index in [-0.39, 0.29) is 12.5 Å². The number of likely N-dealkylation sites (N-methyl/N-ethyl adjacent to an activating group) is 1. The highest BCUT2D eigenvalue weighted by Gasteiger charge is 2.07. The fourth-order valence-electron chi connectivity index (χ4n) is 2.35. The van der Waals surface area contributed by atoms with E-state index in [1.165, 1.54) is 13.2 Å². The molecule has 0 saturated heterocycles. The zero-order chi connectivity index (χ0) is 19.6. The molecule has 27 heavy (non-hydrogen) atoms. The van der Waals surface area contributed by atoms with Crippen molar-refractivity contribution in [2.24, 2.45) is 0 Å². The van der Waals surface area contributed by atoms with Crippen LogP contribution < -0.4 is 9.47 Å². The summed E-state index contributed by atoms with van der Waals surface area (Å²) in [5.41, 5.74) is 2.30. The molecule has 6 nitrogen and oxygen atoms in total. The van der Waals surface area contributed by atoms with Gasteiger partial charge in [0.05, 0.1) is 18.7 Å². The van der Waals surface area contributed by atoms with Crippen LogP contribution in [0.4, 0.5) is 0 Å². The molecule has 0 spiro atoms. The van der Waals surface area contributed by atoms with Crippen LogP contribution in [0.2, 0.25) is 0 Å². The van der Waals surface area contributed by atoms with Crippen molar-refractivity contribution in [1.29, 1.82) is 10.5 Å². The van der Waals surface area contributed by atoms with Crippen molar-refractivity contribution >= 4 is 12.0 Å². The van der Waals surface area contributed by atoms with Crippen molar-refractivity contribution in [3.63, 3.8) is 0 Å². The number of benzene rings is 2. The molecule has 136 valence electrons. The summed E-state index contributed by atoms with van der Waals surface area (Å²) < 4.78 is 10.5. The van der Waals surface area contributed by atoms with Gasteiger partial charge in [-0.3, -0.25) is 4.79 Å². The summed E-state index contributed by atoms with van der Waals surface area (Å²) in [6.07, 6.45) is 3.17. The maximum absolute atomic E-state index is 12.3. The number of rotatable bonds is 7. The van der Waals surface area contributed by atoms with Gasteiger partial charge in [-0.25, -0.2) is 0 Å². The Morgan fingerprint density at radius 3 is 2.52 bits per heavy atom. The van der Waals surface area contributed by atoms with Crippen LogP contribution in [0.25, 0.3) is 6.08 Å². The van der Waals surface area contributed by atoms with Crippen molar-refractivity contribution in [2.45, 2.75) is 6.54 Å². The summed E-state index contributed by atoms with van der Waals surface area (Å²) >= 11 is 0. The van der Waals surface area contributed by atoms with E-state index in [1.54, 1.807) is 48.4 Å². The molecular formula is C21H19N3O3. The van der Waals surface area contributed by atoms with Crippen molar-refractivity contribution in [1.82, 2.24) is 4.90 Å². The lowest BCUT2D eigenvalue weighted by molar-refractivity contribution is -0.125. The van der Waals surface area contributed by atoms with E-state index in [2.05, 4.69) is 6.07 Å². The van der Waals surface area contributed by atoms with Gasteiger partial charge in [-0.15, -0.1) is 0 Å². The van der Waals surface area contributed by atoms with Crippen LogP contribution in [0.15, 0.2) is 48.5 Å². The van der Waals surface area contributed by atoms with Crippen LogP contribution >= 0.6 is 0 Å². The summed E-state index contributed by atoms with van der Waals surface area (Å²) in [5.74, 6) is 0.814. The molecule has 0 aromatic heterocycles. The van der Waals surface area contributed by atoms with E-state index in [0.717, 1.165) is 11.1 Å². The minimum Gasteiger partial charge on any atom is -0.493 e. The molecule has 0 aliphatic carbocycles. The second-order valence-corrected chi connectivity index (χ2v) is 5.69. The molecule has 1 amide bonds. The van der Waals surface area contributed by atoms with Crippen LogP contribution in [0.1, 0.15) is 16.7 Å². The fraction of sp³-hybridized carbons (Fsp3) is 0.190. The topological polar surface area (TPSA) is 86.3 Å². The van der Waals surface area contributed by atoms with Gasteiger partial charge in [0.15, 0.2) is 18.1 Å². The first kappa shape index (κ1) is 19.6. The molecule has 0 atom stereocenters. The molecular weight excluding hydrogens is 342 g/mol. The minimum absolute atomic E-state index is 0.0653. The molecule has 0 bridgehead atoms. The standard InChI is InChI=1S/C21H19N3O3/c1-24(15-18-5-3-17(14-23)4-6-18)21(25)10-8-16-7-9-19(27-12-11-22)20(13-16)26-2/h3-10,13H,12,15H2,1-2H3/b10-8+. The van der Waals surface area contributed by atoms with Crippen molar-refractivity contribution in [3.8, 4) is 23.6 Å². The fourth-order valence-corrected chi connectivity index (χ4v) is 2.35. The van der Waals surface area contributed by atoms with Crippen molar-refractivity contribution < 1.29 is 14.3 Å². The summed E-state index contributed by atoms with van der Waals surface area (Å²) in [6, 6.07) is 16.3. The summed E-state index contributed by atoms with van der Waals surface area (Å²) in [4.78, 5) is 13.9. The van der Waals surface area contributed by atoms with E-state index >= 15 is 0 Å². The molecule has 2 aromatic carbocycles. The number of methoxy groups -OCH3 is 1. The lowest BCUT2D eigenvalue weighted by Crippen LogP contribution is -2.24. The third kappa shape index (κ3) is 5.62. The quantitative estimate of drug-likeness (QED) is 0.707. The van der Waals surface area contributed by atoms with E-state index in [1.807, 2.05) is 18.2 Å². The van der Waals surface area contributed by atoms with E-state index < -0.39 is 0 Å². The Labute approximate surface area is 158 Å². The Morgan fingerprint density at radius 2 is 1.89 bits per heavy atom. The number of nitriles is 2. The molecule has 0 aliphatic rings. The highest BCUT2D eigenvalue weighted by Crippen LogP contribution is 2.28. The Balaban J connectivity index is 2.02. The third-order valence-corrected chi connectivity index (χ3v) is 3.78. The van der Waals surface area contributed by atoms with E-state index in [0.29, 0.717) is 23.6 Å².